The van der Waals surface area contributed by atoms with Crippen LogP contribution in [0.15, 0.2) is 24.5 Å². The standard InChI is InChI=1S/C7H7NO2.Li.H/c9-7(10)4-6-2-1-3-8-5-6;;/h1-3,5H,4H2,(H,9,10);;/q;+1;-1. The van der Waals surface area contributed by atoms with Gasteiger partial charge in [0.05, 0.1) is 6.42 Å². The minimum Gasteiger partial charge on any atom is -1.00 e. The van der Waals surface area contributed by atoms with Gasteiger partial charge in [0.25, 0.3) is 0 Å². The van der Waals surface area contributed by atoms with Crippen LogP contribution in [0.5, 0.6) is 0 Å². The summed E-state index contributed by atoms with van der Waals surface area (Å²) in [4.78, 5) is 13.9. The second-order valence-corrected chi connectivity index (χ2v) is 1.93. The Kier molecular flexibility index (Phi) is 4.59. The van der Waals surface area contributed by atoms with Crippen LogP contribution in [0.1, 0.15) is 6.99 Å². The molecule has 0 aromatic carbocycles. The second-order valence-electron chi connectivity index (χ2n) is 1.93. The van der Waals surface area contributed by atoms with Crippen molar-refractivity contribution in [3.05, 3.63) is 30.1 Å². The SMILES string of the molecule is O=C(O)Cc1cccnc1.[H-].[Li+]. The van der Waals surface area contributed by atoms with E-state index in [0.717, 1.165) is 5.56 Å². The zero-order valence-corrected chi connectivity index (χ0v) is 6.32. The Balaban J connectivity index is 0. The fourth-order valence-corrected chi connectivity index (χ4v) is 0.677. The molecule has 0 radical (unpaired) electrons. The van der Waals surface area contributed by atoms with E-state index in [1.807, 2.05) is 0 Å². The predicted octanol–water partition coefficient (Wildman–Crippen LogP) is -2.17. The van der Waals surface area contributed by atoms with Gasteiger partial charge in [0, 0.05) is 12.4 Å². The smallest absolute Gasteiger partial charge is 1.00 e. The maximum absolute atomic E-state index is 10.1. The van der Waals surface area contributed by atoms with Crippen molar-refractivity contribution in [2.24, 2.45) is 0 Å². The average Bonchev–Trinajstić information content (AvgIpc) is 1.88. The van der Waals surface area contributed by atoms with E-state index in [-0.39, 0.29) is 26.7 Å². The number of pyridine rings is 1. The molecule has 0 fully saturated rings. The third-order valence-electron chi connectivity index (χ3n) is 1.08. The number of nitrogens with zero attached hydrogens (tertiary/aromatic N) is 1. The molecule has 0 aliphatic rings. The van der Waals surface area contributed by atoms with Gasteiger partial charge in [-0.25, -0.2) is 0 Å². The van der Waals surface area contributed by atoms with Gasteiger partial charge < -0.3 is 6.53 Å². The van der Waals surface area contributed by atoms with Crippen molar-refractivity contribution in [3.8, 4) is 0 Å². The third kappa shape index (κ3) is 3.82. The van der Waals surface area contributed by atoms with Crippen LogP contribution < -0.4 is 18.9 Å². The molecule has 0 unspecified atom stereocenters. The summed E-state index contributed by atoms with van der Waals surface area (Å²) in [6.07, 6.45) is 3.22. The molecule has 0 aliphatic heterocycles. The molecule has 4 heteroatoms. The van der Waals surface area contributed by atoms with Crippen LogP contribution in [-0.4, -0.2) is 16.1 Å². The Morgan fingerprint density at radius 1 is 1.73 bits per heavy atom. The van der Waals surface area contributed by atoms with E-state index in [1.54, 1.807) is 24.5 Å². The molecular weight excluding hydrogens is 137 g/mol. The summed E-state index contributed by atoms with van der Waals surface area (Å²) < 4.78 is 0. The molecule has 0 bridgehead atoms. The maximum atomic E-state index is 10.1. The largest absolute Gasteiger partial charge is 1.00 e. The Labute approximate surface area is 78.1 Å². The van der Waals surface area contributed by atoms with Crippen molar-refractivity contribution in [2.75, 3.05) is 0 Å². The summed E-state index contributed by atoms with van der Waals surface area (Å²) in [7, 11) is 0. The molecule has 1 rings (SSSR count). The fraction of sp³-hybridized carbons (Fsp3) is 0.143. The van der Waals surface area contributed by atoms with E-state index in [9.17, 15) is 4.79 Å². The summed E-state index contributed by atoms with van der Waals surface area (Å²) in [5.74, 6) is -0.826. The number of aromatic nitrogens is 1. The van der Waals surface area contributed by atoms with Crippen molar-refractivity contribution >= 4 is 5.97 Å². The fourth-order valence-electron chi connectivity index (χ4n) is 0.677. The van der Waals surface area contributed by atoms with Gasteiger partial charge in [-0.1, -0.05) is 6.07 Å². The molecule has 1 N–H and O–H groups in total. The number of carboxylic acids is 1. The quantitative estimate of drug-likeness (QED) is 0.481. The van der Waals surface area contributed by atoms with Crippen molar-refractivity contribution in [2.45, 2.75) is 6.42 Å². The minimum atomic E-state index is -0.826. The van der Waals surface area contributed by atoms with Gasteiger partial charge >= 0.3 is 24.8 Å². The van der Waals surface area contributed by atoms with Gasteiger partial charge in [0.15, 0.2) is 0 Å². The number of rotatable bonds is 2. The molecule has 0 amide bonds. The molecule has 0 spiro atoms. The first-order chi connectivity index (χ1) is 4.79. The Morgan fingerprint density at radius 2 is 2.45 bits per heavy atom. The van der Waals surface area contributed by atoms with Crippen LogP contribution in [0.4, 0.5) is 0 Å². The van der Waals surface area contributed by atoms with E-state index in [2.05, 4.69) is 4.98 Å². The Morgan fingerprint density at radius 3 is 2.91 bits per heavy atom. The molecule has 0 saturated carbocycles. The van der Waals surface area contributed by atoms with Crippen LogP contribution in [0.2, 0.25) is 0 Å². The minimum absolute atomic E-state index is 0. The molecule has 0 atom stereocenters. The molecule has 54 valence electrons. The zero-order valence-electron chi connectivity index (χ0n) is 7.32. The Bertz CT molecular complexity index is 230. The number of carbonyl (C=O) groups is 1. The number of aliphatic carboxylic acids is 1. The molecular formula is C7H8LiNO2. The second kappa shape index (κ2) is 4.95. The molecule has 1 aromatic rings. The first-order valence-electron chi connectivity index (χ1n) is 2.90. The number of hydrogen-bond donors (Lipinski definition) is 1. The topological polar surface area (TPSA) is 50.2 Å². The maximum Gasteiger partial charge on any atom is 1.00 e. The summed E-state index contributed by atoms with van der Waals surface area (Å²) in [6, 6.07) is 3.46. The first kappa shape index (κ1) is 10.2. The van der Waals surface area contributed by atoms with E-state index in [4.69, 9.17) is 5.11 Å². The van der Waals surface area contributed by atoms with Crippen molar-refractivity contribution in [1.29, 1.82) is 0 Å². The predicted molar refractivity (Wildman–Crippen MR) is 36.7 cm³/mol. The van der Waals surface area contributed by atoms with Gasteiger partial charge in [-0.15, -0.1) is 0 Å². The summed E-state index contributed by atoms with van der Waals surface area (Å²) >= 11 is 0. The van der Waals surface area contributed by atoms with Gasteiger partial charge in [-0.2, -0.15) is 0 Å². The Hall–Kier alpha value is -0.783. The van der Waals surface area contributed by atoms with Gasteiger partial charge in [0.1, 0.15) is 0 Å². The normalized spacial score (nSPS) is 8.36. The molecule has 11 heavy (non-hydrogen) atoms. The molecule has 1 heterocycles. The monoisotopic (exact) mass is 145 g/mol. The zero-order chi connectivity index (χ0) is 7.40. The van der Waals surface area contributed by atoms with E-state index < -0.39 is 5.97 Å². The third-order valence-corrected chi connectivity index (χ3v) is 1.08. The van der Waals surface area contributed by atoms with Crippen molar-refractivity contribution in [3.63, 3.8) is 0 Å². The van der Waals surface area contributed by atoms with E-state index in [0.29, 0.717) is 0 Å². The summed E-state index contributed by atoms with van der Waals surface area (Å²) in [5, 5.41) is 8.34. The van der Waals surface area contributed by atoms with Gasteiger partial charge in [-0.05, 0) is 11.6 Å². The molecule has 1 aromatic heterocycles. The average molecular weight is 145 g/mol. The van der Waals surface area contributed by atoms with Gasteiger partial charge in [0.2, 0.25) is 0 Å². The van der Waals surface area contributed by atoms with Crippen LogP contribution >= 0.6 is 0 Å². The molecule has 0 aliphatic carbocycles. The van der Waals surface area contributed by atoms with Crippen LogP contribution in [0.3, 0.4) is 0 Å². The van der Waals surface area contributed by atoms with Crippen LogP contribution in [-0.2, 0) is 11.2 Å². The van der Waals surface area contributed by atoms with E-state index in [1.165, 1.54) is 0 Å². The van der Waals surface area contributed by atoms with Crippen molar-refractivity contribution in [1.82, 2.24) is 4.98 Å². The molecule has 3 nitrogen and oxygen atoms in total. The van der Waals surface area contributed by atoms with E-state index >= 15 is 0 Å². The molecule has 0 saturated heterocycles. The summed E-state index contributed by atoms with van der Waals surface area (Å²) in [6.45, 7) is 0. The van der Waals surface area contributed by atoms with Crippen molar-refractivity contribution < 1.29 is 30.2 Å². The van der Waals surface area contributed by atoms with Crippen LogP contribution in [0.25, 0.3) is 0 Å². The van der Waals surface area contributed by atoms with Crippen LogP contribution in [0, 0.1) is 0 Å². The summed E-state index contributed by atoms with van der Waals surface area (Å²) in [5.41, 5.74) is 0.731. The number of hydrogen-bond acceptors (Lipinski definition) is 2. The first-order valence-corrected chi connectivity index (χ1v) is 2.90. The number of carboxylic acid groups (broad SMARTS) is 1. The van der Waals surface area contributed by atoms with Gasteiger partial charge in [-0.3, -0.25) is 9.78 Å².